The summed E-state index contributed by atoms with van der Waals surface area (Å²) in [5.41, 5.74) is 13.8. The molecule has 11 aromatic rings. The molecule has 0 fully saturated rings. The summed E-state index contributed by atoms with van der Waals surface area (Å²) in [6.07, 6.45) is 0. The van der Waals surface area contributed by atoms with Crippen LogP contribution in [0, 0.1) is 0 Å². The van der Waals surface area contributed by atoms with Crippen LogP contribution in [0.5, 0.6) is 0 Å². The maximum atomic E-state index is 2.50. The Labute approximate surface area is 368 Å². The number of hydrogen-bond acceptors (Lipinski definition) is 2. The Morgan fingerprint density at radius 2 is 0.698 bits per heavy atom. The summed E-state index contributed by atoms with van der Waals surface area (Å²) in [6.45, 7) is 0. The van der Waals surface area contributed by atoms with E-state index in [1.807, 2.05) is 0 Å². The number of hydrogen-bond donors (Lipinski definition) is 0. The highest BCUT2D eigenvalue weighted by Gasteiger charge is 2.48. The van der Waals surface area contributed by atoms with Gasteiger partial charge in [-0.2, -0.15) is 0 Å². The SMILES string of the molecule is c1ccc(N(c2ccccc2)c2ccc3cc4c(cc3c2)C(c2ccccc2)(c2ccccc2)c2c-4c3ccccc3c3cc(N(c4ccccc4)c4ccccc4)ccc23)cc1. The average Bonchev–Trinajstić information content (AvgIpc) is 3.66. The van der Waals surface area contributed by atoms with Crippen LogP contribution in [-0.2, 0) is 5.41 Å². The van der Waals surface area contributed by atoms with Crippen molar-refractivity contribution in [3.05, 3.63) is 277 Å². The van der Waals surface area contributed by atoms with Gasteiger partial charge in [0.1, 0.15) is 0 Å². The molecule has 63 heavy (non-hydrogen) atoms. The van der Waals surface area contributed by atoms with Gasteiger partial charge in [0.05, 0.1) is 5.41 Å². The van der Waals surface area contributed by atoms with Gasteiger partial charge >= 0.3 is 0 Å². The Bertz CT molecular complexity index is 3310. The van der Waals surface area contributed by atoms with Crippen molar-refractivity contribution in [2.24, 2.45) is 0 Å². The van der Waals surface area contributed by atoms with E-state index in [9.17, 15) is 0 Å². The molecule has 0 N–H and O–H groups in total. The molecular weight excluding hydrogens is 761 g/mol. The molecule has 1 aliphatic rings. The zero-order valence-electron chi connectivity index (χ0n) is 34.6. The highest BCUT2D eigenvalue weighted by Crippen LogP contribution is 2.61. The molecule has 0 aliphatic heterocycles. The number of para-hydroxylation sites is 4. The molecule has 0 bridgehead atoms. The Balaban J connectivity index is 1.18. The molecule has 0 heterocycles. The quantitative estimate of drug-likeness (QED) is 0.141. The predicted molar refractivity (Wildman–Crippen MR) is 266 cm³/mol. The lowest BCUT2D eigenvalue weighted by Gasteiger charge is -2.35. The Hall–Kier alpha value is -8.20. The standard InChI is InChI=1S/C61H42N2/c1-7-21-45(22-8-1)61(46-23-9-2-10-24-46)58-41-44-39-51(62(47-25-11-3-12-26-47)48-27-13-4-14-28-48)36-35-43(44)40-57(58)59-54-34-20-19-33-53(54)56-42-52(37-38-55(56)60(59)61)63(49-29-15-5-16-30-49)50-31-17-6-18-32-50/h1-42H. The monoisotopic (exact) mass is 802 g/mol. The van der Waals surface area contributed by atoms with E-state index in [1.54, 1.807) is 0 Å². The number of benzene rings is 11. The van der Waals surface area contributed by atoms with Crippen molar-refractivity contribution in [2.75, 3.05) is 9.80 Å². The van der Waals surface area contributed by atoms with Gasteiger partial charge in [-0.25, -0.2) is 0 Å². The maximum absolute atomic E-state index is 2.50. The first-order valence-corrected chi connectivity index (χ1v) is 21.8. The molecule has 0 saturated carbocycles. The molecule has 0 aromatic heterocycles. The van der Waals surface area contributed by atoms with E-state index < -0.39 is 5.41 Å². The average molecular weight is 803 g/mol. The van der Waals surface area contributed by atoms with Crippen LogP contribution in [0.3, 0.4) is 0 Å². The minimum absolute atomic E-state index is 0.627. The maximum Gasteiger partial charge on any atom is 0.0720 e. The van der Waals surface area contributed by atoms with Crippen LogP contribution < -0.4 is 9.80 Å². The fourth-order valence-corrected chi connectivity index (χ4v) is 10.4. The lowest BCUT2D eigenvalue weighted by Crippen LogP contribution is -2.29. The zero-order chi connectivity index (χ0) is 41.7. The minimum atomic E-state index is -0.627. The van der Waals surface area contributed by atoms with E-state index in [1.165, 1.54) is 65.7 Å². The van der Waals surface area contributed by atoms with E-state index in [2.05, 4.69) is 265 Å². The van der Waals surface area contributed by atoms with Crippen molar-refractivity contribution in [2.45, 2.75) is 5.41 Å². The lowest BCUT2D eigenvalue weighted by molar-refractivity contribution is 0.777. The van der Waals surface area contributed by atoms with Gasteiger partial charge in [0.25, 0.3) is 0 Å². The van der Waals surface area contributed by atoms with Gasteiger partial charge in [0, 0.05) is 34.1 Å². The summed E-state index contributed by atoms with van der Waals surface area (Å²) in [5, 5.41) is 7.39. The van der Waals surface area contributed by atoms with Gasteiger partial charge in [0.15, 0.2) is 0 Å². The van der Waals surface area contributed by atoms with Gasteiger partial charge in [-0.05, 0) is 151 Å². The molecule has 0 radical (unpaired) electrons. The first kappa shape index (κ1) is 36.6. The summed E-state index contributed by atoms with van der Waals surface area (Å²) in [6, 6.07) is 93.3. The topological polar surface area (TPSA) is 6.48 Å². The summed E-state index contributed by atoms with van der Waals surface area (Å²) in [5.74, 6) is 0. The smallest absolute Gasteiger partial charge is 0.0720 e. The lowest BCUT2D eigenvalue weighted by atomic mass is 9.66. The molecule has 12 rings (SSSR count). The summed E-state index contributed by atoms with van der Waals surface area (Å²) in [4.78, 5) is 4.73. The second-order valence-corrected chi connectivity index (χ2v) is 16.4. The molecule has 0 amide bonds. The van der Waals surface area contributed by atoms with E-state index in [0.29, 0.717) is 0 Å². The van der Waals surface area contributed by atoms with E-state index in [-0.39, 0.29) is 0 Å². The fraction of sp³-hybridized carbons (Fsp3) is 0.0164. The number of anilines is 6. The minimum Gasteiger partial charge on any atom is -0.310 e. The molecule has 2 heteroatoms. The Kier molecular flexibility index (Phi) is 8.76. The van der Waals surface area contributed by atoms with Gasteiger partial charge < -0.3 is 9.80 Å². The van der Waals surface area contributed by atoms with Crippen LogP contribution in [0.4, 0.5) is 34.1 Å². The largest absolute Gasteiger partial charge is 0.310 e. The van der Waals surface area contributed by atoms with Crippen molar-refractivity contribution < 1.29 is 0 Å². The zero-order valence-corrected chi connectivity index (χ0v) is 34.6. The van der Waals surface area contributed by atoms with Gasteiger partial charge in [0.2, 0.25) is 0 Å². The molecule has 1 aliphatic carbocycles. The predicted octanol–water partition coefficient (Wildman–Crippen LogP) is 16.4. The van der Waals surface area contributed by atoms with Crippen molar-refractivity contribution in [3.8, 4) is 11.1 Å². The van der Waals surface area contributed by atoms with Crippen LogP contribution in [0.1, 0.15) is 22.3 Å². The fourth-order valence-electron chi connectivity index (χ4n) is 10.4. The number of nitrogens with zero attached hydrogens (tertiary/aromatic N) is 2. The highest BCUT2D eigenvalue weighted by molar-refractivity contribution is 6.20. The Morgan fingerprint density at radius 3 is 1.21 bits per heavy atom. The van der Waals surface area contributed by atoms with Gasteiger partial charge in [-0.15, -0.1) is 0 Å². The molecule has 11 aromatic carbocycles. The van der Waals surface area contributed by atoms with E-state index >= 15 is 0 Å². The Morgan fingerprint density at radius 1 is 0.270 bits per heavy atom. The third kappa shape index (κ3) is 5.87. The molecule has 2 nitrogen and oxygen atoms in total. The first-order chi connectivity index (χ1) is 31.3. The normalized spacial score (nSPS) is 12.6. The van der Waals surface area contributed by atoms with Crippen LogP contribution in [0.15, 0.2) is 255 Å². The molecule has 0 atom stereocenters. The van der Waals surface area contributed by atoms with E-state index in [4.69, 9.17) is 0 Å². The third-order valence-electron chi connectivity index (χ3n) is 13.0. The van der Waals surface area contributed by atoms with Crippen LogP contribution in [0.2, 0.25) is 0 Å². The van der Waals surface area contributed by atoms with Crippen molar-refractivity contribution in [1.82, 2.24) is 0 Å². The van der Waals surface area contributed by atoms with Crippen LogP contribution in [0.25, 0.3) is 43.4 Å². The van der Waals surface area contributed by atoms with Gasteiger partial charge in [-0.1, -0.05) is 170 Å². The summed E-state index contributed by atoms with van der Waals surface area (Å²) in [7, 11) is 0. The molecular formula is C61H42N2. The highest BCUT2D eigenvalue weighted by atomic mass is 15.1. The van der Waals surface area contributed by atoms with Crippen molar-refractivity contribution in [1.29, 1.82) is 0 Å². The second kappa shape index (κ2) is 15.1. The van der Waals surface area contributed by atoms with Crippen molar-refractivity contribution in [3.63, 3.8) is 0 Å². The second-order valence-electron chi connectivity index (χ2n) is 16.4. The molecule has 0 spiro atoms. The van der Waals surface area contributed by atoms with E-state index in [0.717, 1.165) is 34.1 Å². The van der Waals surface area contributed by atoms with Crippen molar-refractivity contribution >= 4 is 66.4 Å². The molecule has 296 valence electrons. The number of fused-ring (bicyclic) bond motifs is 9. The van der Waals surface area contributed by atoms with Crippen LogP contribution >= 0.6 is 0 Å². The van der Waals surface area contributed by atoms with Gasteiger partial charge in [-0.3, -0.25) is 0 Å². The summed E-state index contributed by atoms with van der Waals surface area (Å²) >= 11 is 0. The molecule has 0 saturated heterocycles. The summed E-state index contributed by atoms with van der Waals surface area (Å²) < 4.78 is 0. The third-order valence-corrected chi connectivity index (χ3v) is 13.0. The van der Waals surface area contributed by atoms with Crippen LogP contribution in [-0.4, -0.2) is 0 Å². The molecule has 0 unspecified atom stereocenters. The first-order valence-electron chi connectivity index (χ1n) is 21.8. The number of rotatable bonds is 8.